The summed E-state index contributed by atoms with van der Waals surface area (Å²) in [7, 11) is 0. The number of piperidine rings is 1. The lowest BCUT2D eigenvalue weighted by Crippen LogP contribution is -2.38. The first-order chi connectivity index (χ1) is 8.28. The van der Waals surface area contributed by atoms with Gasteiger partial charge in [0.15, 0.2) is 0 Å². The van der Waals surface area contributed by atoms with E-state index in [-0.39, 0.29) is 0 Å². The summed E-state index contributed by atoms with van der Waals surface area (Å²) in [4.78, 5) is 23.3. The van der Waals surface area contributed by atoms with Gasteiger partial charge in [-0.15, -0.1) is 0 Å². The molecular weight excluding hydrogens is 238 g/mol. The summed E-state index contributed by atoms with van der Waals surface area (Å²) in [5.41, 5.74) is 2.53. The molecule has 0 aliphatic carbocycles. The van der Waals surface area contributed by atoms with Gasteiger partial charge in [0.25, 0.3) is 0 Å². The molecule has 0 bridgehead atoms. The molecule has 1 aliphatic heterocycles. The third-order valence-corrected chi connectivity index (χ3v) is 2.32. The van der Waals surface area contributed by atoms with E-state index in [0.717, 1.165) is 5.71 Å². The molecule has 1 aliphatic rings. The molecule has 1 fully saturated rings. The second kappa shape index (κ2) is 5.70. The van der Waals surface area contributed by atoms with Crippen molar-refractivity contribution in [1.29, 1.82) is 0 Å². The highest BCUT2D eigenvalue weighted by Gasteiger charge is 2.20. The molecule has 18 heavy (non-hydrogen) atoms. The van der Waals surface area contributed by atoms with E-state index in [1.807, 2.05) is 0 Å². The van der Waals surface area contributed by atoms with Crippen molar-refractivity contribution in [2.45, 2.75) is 39.2 Å². The Morgan fingerprint density at radius 1 is 1.33 bits per heavy atom. The van der Waals surface area contributed by atoms with E-state index in [1.165, 1.54) is 4.90 Å². The maximum Gasteiger partial charge on any atom is 0.428 e. The van der Waals surface area contributed by atoms with Crippen LogP contribution in [0.25, 0.3) is 0 Å². The normalized spacial score (nSPS) is 16.2. The molecule has 102 valence electrons. The van der Waals surface area contributed by atoms with E-state index >= 15 is 0 Å². The van der Waals surface area contributed by atoms with Gasteiger partial charge in [0.1, 0.15) is 5.60 Å². The molecule has 0 radical (unpaired) electrons. The third-order valence-electron chi connectivity index (χ3n) is 2.32. The fraction of sp³-hybridized carbons (Fsp3) is 0.727. The zero-order chi connectivity index (χ0) is 13.8. The van der Waals surface area contributed by atoms with E-state index in [1.54, 1.807) is 20.8 Å². The number of carbonyl (C=O) groups is 2. The molecule has 1 heterocycles. The fourth-order valence-corrected chi connectivity index (χ4v) is 1.49. The van der Waals surface area contributed by atoms with Gasteiger partial charge < -0.3 is 14.7 Å². The Balaban J connectivity index is 2.37. The molecule has 7 nitrogen and oxygen atoms in total. The Kier molecular flexibility index (Phi) is 4.52. The van der Waals surface area contributed by atoms with Crippen molar-refractivity contribution in [2.75, 3.05) is 13.1 Å². The van der Waals surface area contributed by atoms with Crippen molar-refractivity contribution in [2.24, 2.45) is 5.10 Å². The van der Waals surface area contributed by atoms with Gasteiger partial charge >= 0.3 is 12.2 Å². The second-order valence-electron chi connectivity index (χ2n) is 5.06. The first-order valence-electron chi connectivity index (χ1n) is 5.80. The predicted octanol–water partition coefficient (Wildman–Crippen LogP) is 1.64. The van der Waals surface area contributed by atoms with Crippen LogP contribution in [-0.4, -0.2) is 46.6 Å². The van der Waals surface area contributed by atoms with Gasteiger partial charge in [-0.1, -0.05) is 0 Å². The van der Waals surface area contributed by atoms with Crippen molar-refractivity contribution in [3.63, 3.8) is 0 Å². The monoisotopic (exact) mass is 257 g/mol. The molecule has 2 amide bonds. The maximum atomic E-state index is 11.3. The van der Waals surface area contributed by atoms with Crippen molar-refractivity contribution in [1.82, 2.24) is 10.3 Å². The Morgan fingerprint density at radius 2 is 1.89 bits per heavy atom. The molecule has 0 aromatic carbocycles. The molecule has 1 saturated heterocycles. The Bertz CT molecular complexity index is 350. The maximum absolute atomic E-state index is 11.3. The molecule has 1 rings (SSSR count). The number of hydrogen-bond donors (Lipinski definition) is 2. The zero-order valence-corrected chi connectivity index (χ0v) is 10.9. The molecule has 0 unspecified atom stereocenters. The number of hydrazone groups is 1. The first-order valence-corrected chi connectivity index (χ1v) is 5.80. The number of carboxylic acid groups (broad SMARTS) is 1. The molecule has 0 spiro atoms. The number of nitrogens with one attached hydrogen (secondary N) is 1. The van der Waals surface area contributed by atoms with Gasteiger partial charge in [-0.2, -0.15) is 5.10 Å². The molecule has 7 heteroatoms. The third kappa shape index (κ3) is 5.03. The van der Waals surface area contributed by atoms with Crippen molar-refractivity contribution < 1.29 is 19.4 Å². The van der Waals surface area contributed by atoms with Crippen molar-refractivity contribution in [3.05, 3.63) is 0 Å². The van der Waals surface area contributed by atoms with Crippen LogP contribution in [0.1, 0.15) is 33.6 Å². The van der Waals surface area contributed by atoms with Crippen LogP contribution < -0.4 is 5.43 Å². The van der Waals surface area contributed by atoms with Gasteiger partial charge in [-0.05, 0) is 20.8 Å². The molecule has 0 saturated carbocycles. The van der Waals surface area contributed by atoms with Crippen LogP contribution in [0.3, 0.4) is 0 Å². The summed E-state index contributed by atoms with van der Waals surface area (Å²) in [6.45, 7) is 6.12. The lowest BCUT2D eigenvalue weighted by molar-refractivity contribution is 0.0528. The van der Waals surface area contributed by atoms with Crippen LogP contribution in [0.5, 0.6) is 0 Å². The van der Waals surface area contributed by atoms with Crippen LogP contribution in [0, 0.1) is 0 Å². The van der Waals surface area contributed by atoms with E-state index in [0.29, 0.717) is 25.9 Å². The number of rotatable bonds is 1. The minimum absolute atomic E-state index is 0.407. The van der Waals surface area contributed by atoms with E-state index in [9.17, 15) is 9.59 Å². The molecule has 0 aromatic rings. The number of nitrogens with zero attached hydrogens (tertiary/aromatic N) is 2. The SMILES string of the molecule is CC(C)(C)OC(=O)NN=C1CCN(C(=O)O)CC1. The van der Waals surface area contributed by atoms with Gasteiger partial charge in [0.05, 0.1) is 0 Å². The average molecular weight is 257 g/mol. The first kappa shape index (κ1) is 14.3. The summed E-state index contributed by atoms with van der Waals surface area (Å²) in [6.07, 6.45) is -0.464. The Morgan fingerprint density at radius 3 is 2.33 bits per heavy atom. The Labute approximate surface area is 106 Å². The summed E-state index contributed by atoms with van der Waals surface area (Å²) >= 11 is 0. The van der Waals surface area contributed by atoms with Gasteiger partial charge in [-0.3, -0.25) is 0 Å². The van der Waals surface area contributed by atoms with Crippen LogP contribution in [-0.2, 0) is 4.74 Å². The lowest BCUT2D eigenvalue weighted by atomic mass is 10.1. The summed E-state index contributed by atoms with van der Waals surface area (Å²) in [5, 5.41) is 12.7. The van der Waals surface area contributed by atoms with E-state index < -0.39 is 17.8 Å². The highest BCUT2D eigenvalue weighted by Crippen LogP contribution is 2.08. The van der Waals surface area contributed by atoms with Gasteiger partial charge in [0, 0.05) is 31.6 Å². The average Bonchev–Trinajstić information content (AvgIpc) is 2.24. The standard InChI is InChI=1S/C11H19N3O4/c1-11(2,3)18-9(15)13-12-8-4-6-14(7-5-8)10(16)17/h4-7H2,1-3H3,(H,13,15)(H,16,17). The summed E-state index contributed by atoms with van der Waals surface area (Å²) in [5.74, 6) is 0. The van der Waals surface area contributed by atoms with Gasteiger partial charge in [-0.25, -0.2) is 15.0 Å². The second-order valence-corrected chi connectivity index (χ2v) is 5.06. The number of likely N-dealkylation sites (tertiary alicyclic amines) is 1. The number of amides is 2. The number of hydrogen-bond acceptors (Lipinski definition) is 4. The highest BCUT2D eigenvalue weighted by molar-refractivity contribution is 5.87. The smallest absolute Gasteiger partial charge is 0.428 e. The number of carbonyl (C=O) groups excluding carboxylic acids is 1. The minimum atomic E-state index is -0.922. The minimum Gasteiger partial charge on any atom is -0.465 e. The lowest BCUT2D eigenvalue weighted by Gasteiger charge is -2.24. The fourth-order valence-electron chi connectivity index (χ4n) is 1.49. The van der Waals surface area contributed by atoms with E-state index in [4.69, 9.17) is 9.84 Å². The predicted molar refractivity (Wildman–Crippen MR) is 65.6 cm³/mol. The summed E-state index contributed by atoms with van der Waals surface area (Å²) < 4.78 is 5.03. The largest absolute Gasteiger partial charge is 0.465 e. The molecule has 0 atom stereocenters. The molecule has 2 N–H and O–H groups in total. The van der Waals surface area contributed by atoms with Crippen LogP contribution in [0.2, 0.25) is 0 Å². The molecule has 0 aromatic heterocycles. The topological polar surface area (TPSA) is 91.2 Å². The van der Waals surface area contributed by atoms with Crippen LogP contribution in [0.4, 0.5) is 9.59 Å². The van der Waals surface area contributed by atoms with Crippen LogP contribution in [0.15, 0.2) is 5.10 Å². The zero-order valence-electron chi connectivity index (χ0n) is 10.9. The van der Waals surface area contributed by atoms with Gasteiger partial charge in [0.2, 0.25) is 0 Å². The van der Waals surface area contributed by atoms with Crippen LogP contribution >= 0.6 is 0 Å². The number of ether oxygens (including phenoxy) is 1. The highest BCUT2D eigenvalue weighted by atomic mass is 16.6. The van der Waals surface area contributed by atoms with Crippen molar-refractivity contribution >= 4 is 17.9 Å². The Hall–Kier alpha value is -1.79. The summed E-state index contributed by atoms with van der Waals surface area (Å²) in [6, 6.07) is 0. The molecular formula is C11H19N3O4. The van der Waals surface area contributed by atoms with E-state index in [2.05, 4.69) is 10.5 Å². The quantitative estimate of drug-likeness (QED) is 0.698. The van der Waals surface area contributed by atoms with Crippen molar-refractivity contribution in [3.8, 4) is 0 Å².